The number of carbonyl (C=O) groups excluding carboxylic acids is 1. The standard InChI is InChI=1S/C16H24N6O4/c1-16(2,3)26-15(25)21-11(12(23)24)8-9-4-6-10(7-5-9)20-14(19)22-13(17)18/h4-7,11H,8H2,1-3H3,(H,21,25)(H,23,24)(H6,17,18,19,20,22). The third kappa shape index (κ3) is 7.99. The lowest BCUT2D eigenvalue weighted by molar-refractivity contribution is -0.139. The number of aliphatic carboxylic acids is 1. The van der Waals surface area contributed by atoms with E-state index in [1.54, 1.807) is 45.0 Å². The van der Waals surface area contributed by atoms with Crippen molar-refractivity contribution in [2.45, 2.75) is 38.8 Å². The molecule has 1 amide bonds. The Morgan fingerprint density at radius 2 is 1.77 bits per heavy atom. The number of guanidine groups is 2. The molecule has 0 aliphatic rings. The quantitative estimate of drug-likeness (QED) is 0.371. The largest absolute Gasteiger partial charge is 0.480 e. The number of carbonyl (C=O) groups is 2. The summed E-state index contributed by atoms with van der Waals surface area (Å²) < 4.78 is 5.07. The van der Waals surface area contributed by atoms with E-state index < -0.39 is 23.7 Å². The molecule has 8 N–H and O–H groups in total. The summed E-state index contributed by atoms with van der Waals surface area (Å²) in [5.74, 6) is -1.48. The molecule has 0 saturated heterocycles. The van der Waals surface area contributed by atoms with Gasteiger partial charge in [-0.15, -0.1) is 0 Å². The van der Waals surface area contributed by atoms with Gasteiger partial charge in [-0.3, -0.25) is 0 Å². The zero-order valence-electron chi connectivity index (χ0n) is 14.9. The van der Waals surface area contributed by atoms with Gasteiger partial charge in [-0.05, 0) is 38.5 Å². The van der Waals surface area contributed by atoms with Crippen LogP contribution in [0.5, 0.6) is 0 Å². The highest BCUT2D eigenvalue weighted by atomic mass is 16.6. The third-order valence-corrected chi connectivity index (χ3v) is 2.85. The van der Waals surface area contributed by atoms with Gasteiger partial charge in [0.25, 0.3) is 0 Å². The second-order valence-corrected chi connectivity index (χ2v) is 6.41. The first kappa shape index (κ1) is 20.7. The first-order chi connectivity index (χ1) is 12.0. The van der Waals surface area contributed by atoms with Crippen LogP contribution >= 0.6 is 0 Å². The highest BCUT2D eigenvalue weighted by Gasteiger charge is 2.24. The minimum atomic E-state index is -1.17. The first-order valence-electron chi connectivity index (χ1n) is 7.71. The number of hydrogen-bond donors (Lipinski definition) is 5. The highest BCUT2D eigenvalue weighted by molar-refractivity contribution is 5.93. The molecule has 0 spiro atoms. The van der Waals surface area contributed by atoms with E-state index in [9.17, 15) is 14.7 Å². The summed E-state index contributed by atoms with van der Waals surface area (Å²) in [6.45, 7) is 5.07. The fourth-order valence-electron chi connectivity index (χ4n) is 1.88. The number of amides is 1. The lowest BCUT2D eigenvalue weighted by Gasteiger charge is -2.22. The molecule has 1 atom stereocenters. The van der Waals surface area contributed by atoms with Crippen LogP contribution < -0.4 is 22.5 Å². The molecule has 10 heteroatoms. The van der Waals surface area contributed by atoms with Crippen molar-refractivity contribution in [3.63, 3.8) is 0 Å². The molecular formula is C16H24N6O4. The predicted octanol–water partition coefficient (Wildman–Crippen LogP) is 0.427. The van der Waals surface area contributed by atoms with Gasteiger partial charge in [0.05, 0.1) is 5.69 Å². The molecule has 1 unspecified atom stereocenters. The lowest BCUT2D eigenvalue weighted by atomic mass is 10.1. The zero-order chi connectivity index (χ0) is 19.9. The van der Waals surface area contributed by atoms with Crippen molar-refractivity contribution >= 4 is 29.7 Å². The molecule has 1 aromatic rings. The number of nitrogens with zero attached hydrogens (tertiary/aromatic N) is 2. The number of carboxylic acids is 1. The van der Waals surface area contributed by atoms with Crippen molar-refractivity contribution in [3.05, 3.63) is 29.8 Å². The van der Waals surface area contributed by atoms with Crippen LogP contribution in [0.4, 0.5) is 10.5 Å². The maximum Gasteiger partial charge on any atom is 0.408 e. The fraction of sp³-hybridized carbons (Fsp3) is 0.375. The number of benzene rings is 1. The van der Waals surface area contributed by atoms with Gasteiger partial charge in [0.2, 0.25) is 5.96 Å². The summed E-state index contributed by atoms with van der Waals surface area (Å²) in [5, 5.41) is 11.6. The van der Waals surface area contributed by atoms with E-state index in [0.717, 1.165) is 0 Å². The second kappa shape index (κ2) is 8.70. The number of ether oxygens (including phenoxy) is 1. The highest BCUT2D eigenvalue weighted by Crippen LogP contribution is 2.15. The van der Waals surface area contributed by atoms with E-state index in [1.807, 2.05) is 0 Å². The van der Waals surface area contributed by atoms with Crippen LogP contribution in [0.1, 0.15) is 26.3 Å². The van der Waals surface area contributed by atoms with Gasteiger partial charge >= 0.3 is 12.1 Å². The lowest BCUT2D eigenvalue weighted by Crippen LogP contribution is -2.44. The zero-order valence-corrected chi connectivity index (χ0v) is 14.9. The van der Waals surface area contributed by atoms with Crippen molar-refractivity contribution in [2.24, 2.45) is 27.2 Å². The van der Waals surface area contributed by atoms with Crippen LogP contribution in [0.3, 0.4) is 0 Å². The topological polar surface area (TPSA) is 178 Å². The number of hydrogen-bond acceptors (Lipinski definition) is 4. The maximum atomic E-state index is 11.8. The van der Waals surface area contributed by atoms with Crippen molar-refractivity contribution < 1.29 is 19.4 Å². The summed E-state index contributed by atoms with van der Waals surface area (Å²) >= 11 is 0. The first-order valence-corrected chi connectivity index (χ1v) is 7.71. The van der Waals surface area contributed by atoms with Gasteiger partial charge in [0.15, 0.2) is 5.96 Å². The average Bonchev–Trinajstić information content (AvgIpc) is 2.45. The molecule has 0 bridgehead atoms. The minimum absolute atomic E-state index is 0.0714. The number of rotatable bonds is 5. The fourth-order valence-corrected chi connectivity index (χ4v) is 1.88. The van der Waals surface area contributed by atoms with E-state index in [0.29, 0.717) is 11.3 Å². The Morgan fingerprint density at radius 1 is 1.19 bits per heavy atom. The Balaban J connectivity index is 2.80. The summed E-state index contributed by atoms with van der Waals surface area (Å²) in [7, 11) is 0. The van der Waals surface area contributed by atoms with Crippen LogP contribution in [-0.4, -0.2) is 40.7 Å². The number of aliphatic imine (C=N–C) groups is 2. The molecule has 0 aromatic heterocycles. The monoisotopic (exact) mass is 364 g/mol. The summed E-state index contributed by atoms with van der Waals surface area (Å²) in [4.78, 5) is 30.7. The van der Waals surface area contributed by atoms with E-state index in [4.69, 9.17) is 21.9 Å². The van der Waals surface area contributed by atoms with Gasteiger partial charge in [0, 0.05) is 6.42 Å². The van der Waals surface area contributed by atoms with Crippen LogP contribution in [0, 0.1) is 0 Å². The Hall–Kier alpha value is -3.30. The Morgan fingerprint density at radius 3 is 2.23 bits per heavy atom. The minimum Gasteiger partial charge on any atom is -0.480 e. The normalized spacial score (nSPS) is 12.8. The van der Waals surface area contributed by atoms with E-state index in [2.05, 4.69) is 15.3 Å². The molecular weight excluding hydrogens is 340 g/mol. The van der Waals surface area contributed by atoms with Crippen molar-refractivity contribution in [1.29, 1.82) is 0 Å². The van der Waals surface area contributed by atoms with Gasteiger partial charge in [0.1, 0.15) is 11.6 Å². The van der Waals surface area contributed by atoms with Crippen molar-refractivity contribution in [3.8, 4) is 0 Å². The van der Waals surface area contributed by atoms with Crippen LogP contribution in [0.2, 0.25) is 0 Å². The summed E-state index contributed by atoms with van der Waals surface area (Å²) in [6.07, 6.45) is -0.724. The van der Waals surface area contributed by atoms with E-state index in [1.165, 1.54) is 0 Å². The number of nitrogens with two attached hydrogens (primary N) is 3. The van der Waals surface area contributed by atoms with Crippen LogP contribution in [0.15, 0.2) is 34.3 Å². The number of carboxylic acid groups (broad SMARTS) is 1. The van der Waals surface area contributed by atoms with Gasteiger partial charge < -0.3 is 32.4 Å². The molecule has 142 valence electrons. The molecule has 0 heterocycles. The second-order valence-electron chi connectivity index (χ2n) is 6.41. The molecule has 26 heavy (non-hydrogen) atoms. The van der Waals surface area contributed by atoms with Crippen LogP contribution in [-0.2, 0) is 16.0 Å². The maximum absolute atomic E-state index is 11.8. The predicted molar refractivity (Wildman–Crippen MR) is 98.0 cm³/mol. The molecule has 0 saturated carbocycles. The SMILES string of the molecule is CC(C)(C)OC(=O)NC(Cc1ccc(N=C(N)N=C(N)N)cc1)C(=O)O. The summed E-state index contributed by atoms with van der Waals surface area (Å²) in [5.41, 5.74) is 16.4. The molecule has 0 aliphatic carbocycles. The Bertz CT molecular complexity index is 702. The third-order valence-electron chi connectivity index (χ3n) is 2.85. The van der Waals surface area contributed by atoms with Crippen molar-refractivity contribution in [2.75, 3.05) is 0 Å². The molecule has 10 nitrogen and oxygen atoms in total. The number of nitrogens with one attached hydrogen (secondary N) is 1. The van der Waals surface area contributed by atoms with Gasteiger partial charge in [-0.2, -0.15) is 4.99 Å². The average molecular weight is 364 g/mol. The molecule has 0 radical (unpaired) electrons. The smallest absolute Gasteiger partial charge is 0.408 e. The molecule has 0 aliphatic heterocycles. The van der Waals surface area contributed by atoms with Gasteiger partial charge in [-0.25, -0.2) is 14.6 Å². The van der Waals surface area contributed by atoms with E-state index >= 15 is 0 Å². The summed E-state index contributed by atoms with van der Waals surface area (Å²) in [6, 6.07) is 5.43. The molecule has 1 rings (SSSR count). The molecule has 0 fully saturated rings. The molecule has 1 aromatic carbocycles. The van der Waals surface area contributed by atoms with Gasteiger partial charge in [-0.1, -0.05) is 12.1 Å². The Kier molecular flexibility index (Phi) is 6.94. The van der Waals surface area contributed by atoms with Crippen LogP contribution in [0.25, 0.3) is 0 Å². The Labute approximate surface area is 151 Å². The van der Waals surface area contributed by atoms with Crippen molar-refractivity contribution in [1.82, 2.24) is 5.32 Å². The number of alkyl carbamates (subject to hydrolysis) is 1. The van der Waals surface area contributed by atoms with E-state index in [-0.39, 0.29) is 18.3 Å².